The van der Waals surface area contributed by atoms with E-state index >= 15 is 0 Å². The second-order valence-electron chi connectivity index (χ2n) is 5.15. The maximum Gasteiger partial charge on any atom is 0.143 e. The molecule has 2 aromatic carbocycles. The highest BCUT2D eigenvalue weighted by molar-refractivity contribution is 6.30. The molecule has 5 heteroatoms. The molecule has 0 aliphatic heterocycles. The first-order chi connectivity index (χ1) is 11.3. The molecule has 2 aromatic heterocycles. The molecule has 23 heavy (non-hydrogen) atoms. The molecule has 0 atom stereocenters. The Kier molecular flexibility index (Phi) is 3.44. The summed E-state index contributed by atoms with van der Waals surface area (Å²) in [6.45, 7) is 0. The summed E-state index contributed by atoms with van der Waals surface area (Å²) in [4.78, 5) is 11.9. The fraction of sp³-hybridized carbons (Fsp3) is 0. The van der Waals surface area contributed by atoms with E-state index in [0.29, 0.717) is 5.02 Å². The Balaban J connectivity index is 1.83. The molecule has 0 fully saturated rings. The number of hydrogen-bond donors (Lipinski definition) is 2. The highest BCUT2D eigenvalue weighted by Crippen LogP contribution is 2.33. The van der Waals surface area contributed by atoms with E-state index in [0.717, 1.165) is 33.7 Å². The van der Waals surface area contributed by atoms with Crippen molar-refractivity contribution in [3.63, 3.8) is 0 Å². The molecule has 0 aliphatic carbocycles. The summed E-state index contributed by atoms with van der Waals surface area (Å²) < 4.78 is 0. The van der Waals surface area contributed by atoms with Gasteiger partial charge in [0, 0.05) is 22.5 Å². The Morgan fingerprint density at radius 2 is 1.70 bits per heavy atom. The van der Waals surface area contributed by atoms with Crippen molar-refractivity contribution in [2.24, 2.45) is 0 Å². The summed E-state index contributed by atoms with van der Waals surface area (Å²) >= 11 is 5.94. The van der Waals surface area contributed by atoms with Crippen LogP contribution in [0.25, 0.3) is 22.2 Å². The number of halogens is 1. The summed E-state index contributed by atoms with van der Waals surface area (Å²) in [6, 6.07) is 17.7. The minimum absolute atomic E-state index is 0.704. The largest absolute Gasteiger partial charge is 0.345 e. The number of benzene rings is 2. The van der Waals surface area contributed by atoms with Crippen molar-refractivity contribution in [1.82, 2.24) is 15.0 Å². The summed E-state index contributed by atoms with van der Waals surface area (Å²) in [5.74, 6) is 0.762. The fourth-order valence-corrected chi connectivity index (χ4v) is 2.70. The number of rotatable bonds is 3. The molecule has 0 saturated carbocycles. The fourth-order valence-electron chi connectivity index (χ4n) is 2.57. The molecular weight excluding hydrogens is 308 g/mol. The normalized spacial score (nSPS) is 10.8. The van der Waals surface area contributed by atoms with Crippen molar-refractivity contribution in [3.05, 3.63) is 72.1 Å². The number of H-pyrrole nitrogens is 1. The molecular formula is C18H13ClN4. The predicted molar refractivity (Wildman–Crippen MR) is 94.1 cm³/mol. The van der Waals surface area contributed by atoms with Gasteiger partial charge >= 0.3 is 0 Å². The third-order valence-electron chi connectivity index (χ3n) is 3.66. The summed E-state index contributed by atoms with van der Waals surface area (Å²) in [5.41, 5.74) is 3.91. The van der Waals surface area contributed by atoms with Crippen LogP contribution in [-0.2, 0) is 0 Å². The van der Waals surface area contributed by atoms with Gasteiger partial charge in [-0.2, -0.15) is 0 Å². The third kappa shape index (κ3) is 2.64. The molecule has 2 N–H and O–H groups in total. The Morgan fingerprint density at radius 3 is 2.48 bits per heavy atom. The SMILES string of the molecule is Clc1ccc(Nc2ncnc3[nH]cc(-c4ccccc4)c23)cc1. The van der Waals surface area contributed by atoms with Crippen LogP contribution in [0.5, 0.6) is 0 Å². The lowest BCUT2D eigenvalue weighted by Crippen LogP contribution is -1.95. The van der Waals surface area contributed by atoms with E-state index in [9.17, 15) is 0 Å². The first-order valence-electron chi connectivity index (χ1n) is 7.21. The molecule has 4 rings (SSSR count). The van der Waals surface area contributed by atoms with Crippen LogP contribution in [-0.4, -0.2) is 15.0 Å². The van der Waals surface area contributed by atoms with Gasteiger partial charge in [-0.3, -0.25) is 0 Å². The second kappa shape index (κ2) is 5.74. The van der Waals surface area contributed by atoms with E-state index in [1.165, 1.54) is 0 Å². The van der Waals surface area contributed by atoms with Crippen molar-refractivity contribution in [3.8, 4) is 11.1 Å². The van der Waals surface area contributed by atoms with Crippen LogP contribution >= 0.6 is 11.6 Å². The van der Waals surface area contributed by atoms with Crippen LogP contribution < -0.4 is 5.32 Å². The van der Waals surface area contributed by atoms with Gasteiger partial charge in [-0.25, -0.2) is 9.97 Å². The van der Waals surface area contributed by atoms with Gasteiger partial charge in [0.15, 0.2) is 0 Å². The van der Waals surface area contributed by atoms with Gasteiger partial charge in [0.25, 0.3) is 0 Å². The zero-order valence-corrected chi connectivity index (χ0v) is 12.9. The molecule has 4 nitrogen and oxygen atoms in total. The molecule has 2 heterocycles. The van der Waals surface area contributed by atoms with E-state index < -0.39 is 0 Å². The predicted octanol–water partition coefficient (Wildman–Crippen LogP) is 5.02. The summed E-state index contributed by atoms with van der Waals surface area (Å²) in [5, 5.41) is 5.01. The molecule has 0 radical (unpaired) electrons. The number of nitrogens with zero attached hydrogens (tertiary/aromatic N) is 2. The lowest BCUT2D eigenvalue weighted by Gasteiger charge is -2.08. The standard InChI is InChI=1S/C18H13ClN4/c19-13-6-8-14(9-7-13)23-18-16-15(12-4-2-1-3-5-12)10-20-17(16)21-11-22-18/h1-11H,(H2,20,21,22,23). The molecule has 0 spiro atoms. The lowest BCUT2D eigenvalue weighted by atomic mass is 10.1. The van der Waals surface area contributed by atoms with E-state index in [2.05, 4.69) is 32.4 Å². The molecule has 0 unspecified atom stereocenters. The Labute approximate surface area is 138 Å². The average molecular weight is 321 g/mol. The first kappa shape index (κ1) is 13.8. The van der Waals surface area contributed by atoms with Gasteiger partial charge in [0.2, 0.25) is 0 Å². The monoisotopic (exact) mass is 320 g/mol. The summed E-state index contributed by atoms with van der Waals surface area (Å²) in [7, 11) is 0. The number of aromatic nitrogens is 3. The van der Waals surface area contributed by atoms with Gasteiger partial charge in [-0.05, 0) is 29.8 Å². The van der Waals surface area contributed by atoms with Crippen LogP contribution in [0.1, 0.15) is 0 Å². The highest BCUT2D eigenvalue weighted by atomic mass is 35.5. The molecule has 4 aromatic rings. The van der Waals surface area contributed by atoms with Crippen molar-refractivity contribution in [2.45, 2.75) is 0 Å². The van der Waals surface area contributed by atoms with Gasteiger partial charge in [0.05, 0.1) is 5.39 Å². The minimum atomic E-state index is 0.704. The van der Waals surface area contributed by atoms with Crippen LogP contribution in [0.3, 0.4) is 0 Å². The Morgan fingerprint density at radius 1 is 0.913 bits per heavy atom. The zero-order valence-electron chi connectivity index (χ0n) is 12.1. The first-order valence-corrected chi connectivity index (χ1v) is 7.59. The van der Waals surface area contributed by atoms with Crippen molar-refractivity contribution >= 4 is 34.1 Å². The molecule has 0 amide bonds. The summed E-state index contributed by atoms with van der Waals surface area (Å²) in [6.07, 6.45) is 3.51. The molecule has 0 bridgehead atoms. The van der Waals surface area contributed by atoms with Crippen molar-refractivity contribution in [2.75, 3.05) is 5.32 Å². The quantitative estimate of drug-likeness (QED) is 0.557. The lowest BCUT2D eigenvalue weighted by molar-refractivity contribution is 1.20. The van der Waals surface area contributed by atoms with Crippen molar-refractivity contribution in [1.29, 1.82) is 0 Å². The molecule has 0 aliphatic rings. The highest BCUT2D eigenvalue weighted by Gasteiger charge is 2.12. The third-order valence-corrected chi connectivity index (χ3v) is 3.91. The maximum absolute atomic E-state index is 5.94. The van der Waals surface area contributed by atoms with E-state index in [1.807, 2.05) is 48.7 Å². The van der Waals surface area contributed by atoms with Gasteiger partial charge in [-0.1, -0.05) is 41.9 Å². The average Bonchev–Trinajstić information content (AvgIpc) is 3.03. The zero-order chi connectivity index (χ0) is 15.6. The van der Waals surface area contributed by atoms with Crippen LogP contribution in [0, 0.1) is 0 Å². The van der Waals surface area contributed by atoms with Crippen LogP contribution in [0.4, 0.5) is 11.5 Å². The van der Waals surface area contributed by atoms with E-state index in [1.54, 1.807) is 6.33 Å². The number of nitrogens with one attached hydrogen (secondary N) is 2. The number of hydrogen-bond acceptors (Lipinski definition) is 3. The van der Waals surface area contributed by atoms with Crippen LogP contribution in [0.15, 0.2) is 67.1 Å². The van der Waals surface area contributed by atoms with Gasteiger partial charge in [-0.15, -0.1) is 0 Å². The number of aromatic amines is 1. The minimum Gasteiger partial charge on any atom is -0.345 e. The second-order valence-corrected chi connectivity index (χ2v) is 5.58. The Bertz CT molecular complexity index is 946. The number of anilines is 2. The van der Waals surface area contributed by atoms with E-state index in [-0.39, 0.29) is 0 Å². The van der Waals surface area contributed by atoms with Gasteiger partial charge in [0.1, 0.15) is 17.8 Å². The smallest absolute Gasteiger partial charge is 0.143 e. The van der Waals surface area contributed by atoms with Crippen molar-refractivity contribution < 1.29 is 0 Å². The topological polar surface area (TPSA) is 53.6 Å². The van der Waals surface area contributed by atoms with Crippen LogP contribution in [0.2, 0.25) is 5.02 Å². The van der Waals surface area contributed by atoms with Gasteiger partial charge < -0.3 is 10.3 Å². The molecule has 0 saturated heterocycles. The Hall–Kier alpha value is -2.85. The van der Waals surface area contributed by atoms with E-state index in [4.69, 9.17) is 11.6 Å². The maximum atomic E-state index is 5.94. The molecule has 112 valence electrons. The number of fused-ring (bicyclic) bond motifs is 1.